The number of rotatable bonds is 2. The maximum atomic E-state index is 11.6. The van der Waals surface area contributed by atoms with Crippen molar-refractivity contribution in [3.05, 3.63) is 28.7 Å². The maximum Gasteiger partial charge on any atom is 0.328 e. The van der Waals surface area contributed by atoms with Crippen LogP contribution in [-0.2, 0) is 4.79 Å². The van der Waals surface area contributed by atoms with Gasteiger partial charge in [0.2, 0.25) is 0 Å². The summed E-state index contributed by atoms with van der Waals surface area (Å²) in [4.78, 5) is 11.6. The van der Waals surface area contributed by atoms with Crippen LogP contribution in [0.1, 0.15) is 12.8 Å². The Morgan fingerprint density at radius 2 is 2.13 bits per heavy atom. The van der Waals surface area contributed by atoms with Crippen molar-refractivity contribution in [2.45, 2.75) is 18.9 Å². The lowest BCUT2D eigenvalue weighted by molar-refractivity contribution is -0.136. The fourth-order valence-corrected chi connectivity index (χ4v) is 1.84. The number of hydrogen-bond acceptors (Lipinski definition) is 3. The minimum atomic E-state index is -0.185. The van der Waals surface area contributed by atoms with Gasteiger partial charge in [-0.05, 0) is 43.7 Å². The molecule has 1 aliphatic heterocycles. The molecule has 0 bridgehead atoms. The van der Waals surface area contributed by atoms with E-state index in [1.165, 1.54) is 0 Å². The van der Waals surface area contributed by atoms with Crippen molar-refractivity contribution in [1.29, 1.82) is 0 Å². The van der Waals surface area contributed by atoms with Gasteiger partial charge >= 0.3 is 5.97 Å². The van der Waals surface area contributed by atoms with E-state index in [0.717, 1.165) is 23.9 Å². The van der Waals surface area contributed by atoms with Gasteiger partial charge in [0.1, 0.15) is 11.8 Å². The number of carbonyl (C=O) groups excluding carboxylic acids is 1. The van der Waals surface area contributed by atoms with Crippen LogP contribution < -0.4 is 10.1 Å². The molecule has 1 saturated heterocycles. The molecule has 1 N–H and O–H groups in total. The molecule has 1 unspecified atom stereocenters. The highest BCUT2D eigenvalue weighted by molar-refractivity contribution is 9.10. The number of benzene rings is 1. The highest BCUT2D eigenvalue weighted by Gasteiger charge is 2.23. The van der Waals surface area contributed by atoms with Gasteiger partial charge in [-0.1, -0.05) is 15.9 Å². The number of nitrogens with one attached hydrogen (secondary N) is 1. The summed E-state index contributed by atoms with van der Waals surface area (Å²) in [5.41, 5.74) is 0. The van der Waals surface area contributed by atoms with Gasteiger partial charge < -0.3 is 10.1 Å². The third-order valence-electron chi connectivity index (χ3n) is 2.38. The predicted molar refractivity (Wildman–Crippen MR) is 60.8 cm³/mol. The van der Waals surface area contributed by atoms with E-state index in [1.54, 1.807) is 12.1 Å². The van der Waals surface area contributed by atoms with Gasteiger partial charge in [-0.3, -0.25) is 0 Å². The molecule has 0 saturated carbocycles. The highest BCUT2D eigenvalue weighted by Crippen LogP contribution is 2.17. The Hall–Kier alpha value is -0.870. The molecule has 1 aromatic rings. The molecule has 1 aliphatic rings. The van der Waals surface area contributed by atoms with Crippen LogP contribution in [-0.4, -0.2) is 18.6 Å². The third kappa shape index (κ3) is 2.79. The van der Waals surface area contributed by atoms with Crippen LogP contribution >= 0.6 is 15.9 Å². The second kappa shape index (κ2) is 4.77. The van der Waals surface area contributed by atoms with E-state index in [9.17, 15) is 4.79 Å². The number of carbonyl (C=O) groups is 1. The van der Waals surface area contributed by atoms with E-state index in [-0.39, 0.29) is 12.0 Å². The summed E-state index contributed by atoms with van der Waals surface area (Å²) >= 11 is 3.33. The largest absolute Gasteiger partial charge is 0.425 e. The first-order valence-electron chi connectivity index (χ1n) is 4.96. The van der Waals surface area contributed by atoms with E-state index in [1.807, 2.05) is 12.1 Å². The first-order chi connectivity index (χ1) is 7.25. The minimum Gasteiger partial charge on any atom is -0.425 e. The summed E-state index contributed by atoms with van der Waals surface area (Å²) in [5.74, 6) is 0.409. The van der Waals surface area contributed by atoms with E-state index >= 15 is 0 Å². The number of halogens is 1. The summed E-state index contributed by atoms with van der Waals surface area (Å²) in [6.45, 7) is 0.903. The van der Waals surface area contributed by atoms with Crippen LogP contribution in [0.2, 0.25) is 0 Å². The molecule has 80 valence electrons. The zero-order valence-corrected chi connectivity index (χ0v) is 9.79. The van der Waals surface area contributed by atoms with E-state index in [0.29, 0.717) is 5.75 Å². The van der Waals surface area contributed by atoms with Crippen LogP contribution in [0.3, 0.4) is 0 Å². The fourth-order valence-electron chi connectivity index (χ4n) is 1.58. The van der Waals surface area contributed by atoms with E-state index in [4.69, 9.17) is 4.74 Å². The molecule has 2 rings (SSSR count). The standard InChI is InChI=1S/C11H12BrNO2/c12-8-3-5-9(6-4-8)15-11(14)10-2-1-7-13-10/h3-6,10,13H,1-2,7H2. The Kier molecular flexibility index (Phi) is 3.38. The Bertz CT molecular complexity index is 344. The topological polar surface area (TPSA) is 38.3 Å². The molecule has 0 spiro atoms. The summed E-state index contributed by atoms with van der Waals surface area (Å²) in [5, 5.41) is 3.10. The molecule has 1 atom stereocenters. The van der Waals surface area contributed by atoms with Crippen molar-refractivity contribution in [2.75, 3.05) is 6.54 Å². The lowest BCUT2D eigenvalue weighted by Gasteiger charge is -2.09. The van der Waals surface area contributed by atoms with Gasteiger partial charge in [0, 0.05) is 4.47 Å². The predicted octanol–water partition coefficient (Wildman–Crippen LogP) is 2.11. The smallest absolute Gasteiger partial charge is 0.328 e. The molecule has 1 aromatic carbocycles. The van der Waals surface area contributed by atoms with Crippen molar-refractivity contribution in [3.63, 3.8) is 0 Å². The minimum absolute atomic E-state index is 0.131. The van der Waals surface area contributed by atoms with Crippen LogP contribution in [0.5, 0.6) is 5.75 Å². The van der Waals surface area contributed by atoms with Gasteiger partial charge in [0.05, 0.1) is 0 Å². The molecular formula is C11H12BrNO2. The first kappa shape index (κ1) is 10.6. The van der Waals surface area contributed by atoms with Gasteiger partial charge in [-0.25, -0.2) is 4.79 Å². The van der Waals surface area contributed by atoms with Crippen molar-refractivity contribution in [3.8, 4) is 5.75 Å². The Labute approximate surface area is 96.9 Å². The summed E-state index contributed by atoms with van der Waals surface area (Å²) in [7, 11) is 0. The zero-order chi connectivity index (χ0) is 10.7. The number of hydrogen-bond donors (Lipinski definition) is 1. The fraction of sp³-hybridized carbons (Fsp3) is 0.364. The molecule has 4 heteroatoms. The van der Waals surface area contributed by atoms with Gasteiger partial charge in [0.25, 0.3) is 0 Å². The number of esters is 1. The summed E-state index contributed by atoms with van der Waals surface area (Å²) in [6, 6.07) is 7.12. The van der Waals surface area contributed by atoms with Crippen LogP contribution in [0.15, 0.2) is 28.7 Å². The molecular weight excluding hydrogens is 258 g/mol. The van der Waals surface area contributed by atoms with Crippen molar-refractivity contribution in [1.82, 2.24) is 5.32 Å². The monoisotopic (exact) mass is 269 g/mol. The normalized spacial score (nSPS) is 20.2. The highest BCUT2D eigenvalue weighted by atomic mass is 79.9. The van der Waals surface area contributed by atoms with Crippen LogP contribution in [0.4, 0.5) is 0 Å². The maximum absolute atomic E-state index is 11.6. The first-order valence-corrected chi connectivity index (χ1v) is 5.75. The van der Waals surface area contributed by atoms with Gasteiger partial charge in [0.15, 0.2) is 0 Å². The summed E-state index contributed by atoms with van der Waals surface area (Å²) in [6.07, 6.45) is 1.91. The summed E-state index contributed by atoms with van der Waals surface area (Å²) < 4.78 is 6.20. The molecule has 0 radical (unpaired) electrons. The Balaban J connectivity index is 1.96. The second-order valence-electron chi connectivity index (χ2n) is 3.52. The molecule has 0 amide bonds. The quantitative estimate of drug-likeness (QED) is 0.660. The Morgan fingerprint density at radius 3 is 2.73 bits per heavy atom. The SMILES string of the molecule is O=C(Oc1ccc(Br)cc1)C1CCCN1. The average molecular weight is 270 g/mol. The lowest BCUT2D eigenvalue weighted by atomic mass is 10.2. The molecule has 1 fully saturated rings. The molecule has 15 heavy (non-hydrogen) atoms. The average Bonchev–Trinajstić information content (AvgIpc) is 2.74. The van der Waals surface area contributed by atoms with E-state index < -0.39 is 0 Å². The van der Waals surface area contributed by atoms with Crippen molar-refractivity contribution >= 4 is 21.9 Å². The molecule has 1 heterocycles. The van der Waals surface area contributed by atoms with Gasteiger partial charge in [-0.15, -0.1) is 0 Å². The lowest BCUT2D eigenvalue weighted by Crippen LogP contribution is -2.34. The van der Waals surface area contributed by atoms with Crippen molar-refractivity contribution < 1.29 is 9.53 Å². The second-order valence-corrected chi connectivity index (χ2v) is 4.44. The van der Waals surface area contributed by atoms with Crippen LogP contribution in [0.25, 0.3) is 0 Å². The zero-order valence-electron chi connectivity index (χ0n) is 8.20. The Morgan fingerprint density at radius 1 is 1.40 bits per heavy atom. The van der Waals surface area contributed by atoms with E-state index in [2.05, 4.69) is 21.2 Å². The van der Waals surface area contributed by atoms with Crippen molar-refractivity contribution in [2.24, 2.45) is 0 Å². The third-order valence-corrected chi connectivity index (χ3v) is 2.91. The molecule has 3 nitrogen and oxygen atoms in total. The van der Waals surface area contributed by atoms with Gasteiger partial charge in [-0.2, -0.15) is 0 Å². The van der Waals surface area contributed by atoms with Crippen LogP contribution in [0, 0.1) is 0 Å². The number of ether oxygens (including phenoxy) is 1. The molecule has 0 aliphatic carbocycles. The molecule has 0 aromatic heterocycles.